The Hall–Kier alpha value is -1.65. The molecule has 3 aromatic rings. The van der Waals surface area contributed by atoms with Gasteiger partial charge in [-0.15, -0.1) is 10.2 Å². The Morgan fingerprint density at radius 3 is 2.68 bits per heavy atom. The van der Waals surface area contributed by atoms with Crippen molar-refractivity contribution in [2.75, 3.05) is 0 Å². The van der Waals surface area contributed by atoms with Gasteiger partial charge in [0.2, 0.25) is 0 Å². The summed E-state index contributed by atoms with van der Waals surface area (Å²) in [4.78, 5) is 4.23. The Kier molecular flexibility index (Phi) is 2.92. The number of rotatable bonds is 1. The summed E-state index contributed by atoms with van der Waals surface area (Å²) in [7, 11) is 0. The fourth-order valence-corrected chi connectivity index (χ4v) is 2.47. The summed E-state index contributed by atoms with van der Waals surface area (Å²) in [5, 5.41) is 9.47. The van der Waals surface area contributed by atoms with Crippen LogP contribution in [0.1, 0.15) is 11.4 Å². The van der Waals surface area contributed by atoms with Crippen LogP contribution in [0.5, 0.6) is 0 Å². The van der Waals surface area contributed by atoms with Gasteiger partial charge in [-0.2, -0.15) is 0 Å². The van der Waals surface area contributed by atoms with Crippen molar-refractivity contribution < 1.29 is 0 Å². The number of benzene rings is 1. The lowest BCUT2D eigenvalue weighted by atomic mass is 10.1. The summed E-state index contributed by atoms with van der Waals surface area (Å²) in [6, 6.07) is 7.40. The fraction of sp³-hybridized carbons (Fsp3) is 0.154. The molecule has 1 aromatic carbocycles. The molecule has 0 radical (unpaired) electrons. The Morgan fingerprint density at radius 1 is 1.11 bits per heavy atom. The highest BCUT2D eigenvalue weighted by atomic mass is 35.5. The monoisotopic (exact) mass is 292 g/mol. The first-order valence-electron chi connectivity index (χ1n) is 5.71. The number of halogens is 2. The molecule has 0 aliphatic carbocycles. The number of aryl methyl sites for hydroxylation is 1. The van der Waals surface area contributed by atoms with Gasteiger partial charge in [0.15, 0.2) is 11.5 Å². The predicted octanol–water partition coefficient (Wildman–Crippen LogP) is 3.71. The maximum atomic E-state index is 6.15. The maximum Gasteiger partial charge on any atom is 0.170 e. The number of aromatic nitrogens is 4. The molecular weight excluding hydrogens is 283 g/mol. The molecule has 6 heteroatoms. The third-order valence-electron chi connectivity index (χ3n) is 3.04. The minimum atomic E-state index is 0.409. The van der Waals surface area contributed by atoms with Crippen LogP contribution in [0.15, 0.2) is 24.3 Å². The van der Waals surface area contributed by atoms with Gasteiger partial charge in [0, 0.05) is 16.7 Å². The van der Waals surface area contributed by atoms with E-state index in [0.717, 1.165) is 22.8 Å². The highest BCUT2D eigenvalue weighted by molar-refractivity contribution is 6.31. The van der Waals surface area contributed by atoms with Gasteiger partial charge < -0.3 is 0 Å². The van der Waals surface area contributed by atoms with E-state index in [9.17, 15) is 0 Å². The van der Waals surface area contributed by atoms with Gasteiger partial charge in [-0.05, 0) is 25.5 Å². The summed E-state index contributed by atoms with van der Waals surface area (Å²) in [6.07, 6.45) is 0. The van der Waals surface area contributed by atoms with Gasteiger partial charge in [-0.3, -0.25) is 4.40 Å². The van der Waals surface area contributed by atoms with Crippen LogP contribution in [0.2, 0.25) is 10.2 Å². The van der Waals surface area contributed by atoms with Crippen LogP contribution in [0.3, 0.4) is 0 Å². The minimum Gasteiger partial charge on any atom is -0.263 e. The van der Waals surface area contributed by atoms with Crippen molar-refractivity contribution in [3.63, 3.8) is 0 Å². The van der Waals surface area contributed by atoms with E-state index in [1.807, 2.05) is 36.4 Å². The Balaban J connectivity index is 2.35. The van der Waals surface area contributed by atoms with Crippen molar-refractivity contribution in [1.29, 1.82) is 0 Å². The molecule has 0 bridgehead atoms. The van der Waals surface area contributed by atoms with Crippen LogP contribution < -0.4 is 0 Å². The van der Waals surface area contributed by atoms with Crippen molar-refractivity contribution in [3.05, 3.63) is 45.8 Å². The van der Waals surface area contributed by atoms with Crippen LogP contribution >= 0.6 is 23.2 Å². The highest BCUT2D eigenvalue weighted by Gasteiger charge is 2.14. The van der Waals surface area contributed by atoms with Gasteiger partial charge in [-0.1, -0.05) is 35.3 Å². The molecule has 0 saturated heterocycles. The summed E-state index contributed by atoms with van der Waals surface area (Å²) >= 11 is 12.1. The van der Waals surface area contributed by atoms with Crippen LogP contribution in [-0.2, 0) is 0 Å². The smallest absolute Gasteiger partial charge is 0.170 e. The van der Waals surface area contributed by atoms with E-state index < -0.39 is 0 Å². The van der Waals surface area contributed by atoms with E-state index in [-0.39, 0.29) is 0 Å². The van der Waals surface area contributed by atoms with E-state index in [4.69, 9.17) is 23.2 Å². The molecular formula is C13H10Cl2N4. The second kappa shape index (κ2) is 4.47. The average molecular weight is 293 g/mol. The van der Waals surface area contributed by atoms with Crippen LogP contribution in [0.4, 0.5) is 0 Å². The van der Waals surface area contributed by atoms with Gasteiger partial charge in [0.05, 0.1) is 0 Å². The van der Waals surface area contributed by atoms with Crippen LogP contribution in [-0.4, -0.2) is 19.6 Å². The molecule has 96 valence electrons. The zero-order chi connectivity index (χ0) is 13.6. The topological polar surface area (TPSA) is 43.1 Å². The molecule has 2 aromatic heterocycles. The van der Waals surface area contributed by atoms with E-state index in [1.54, 1.807) is 6.07 Å². The fourth-order valence-electron chi connectivity index (χ4n) is 2.08. The second-order valence-corrected chi connectivity index (χ2v) is 5.05. The summed E-state index contributed by atoms with van der Waals surface area (Å²) in [5.74, 6) is 1.46. The molecule has 0 spiro atoms. The number of nitrogens with zero attached hydrogens (tertiary/aromatic N) is 4. The third-order valence-corrected chi connectivity index (χ3v) is 3.64. The lowest BCUT2D eigenvalue weighted by molar-refractivity contribution is 0.987. The molecule has 0 N–H and O–H groups in total. The van der Waals surface area contributed by atoms with Gasteiger partial charge >= 0.3 is 0 Å². The first-order chi connectivity index (χ1) is 9.08. The van der Waals surface area contributed by atoms with Crippen LogP contribution in [0, 0.1) is 13.8 Å². The molecule has 4 nitrogen and oxygen atoms in total. The van der Waals surface area contributed by atoms with Gasteiger partial charge in [0.25, 0.3) is 0 Å². The minimum absolute atomic E-state index is 0.409. The van der Waals surface area contributed by atoms with Crippen molar-refractivity contribution in [2.24, 2.45) is 0 Å². The molecule has 0 unspecified atom stereocenters. The van der Waals surface area contributed by atoms with Crippen molar-refractivity contribution in [1.82, 2.24) is 19.6 Å². The summed E-state index contributed by atoms with van der Waals surface area (Å²) in [6.45, 7) is 3.82. The van der Waals surface area contributed by atoms with Crippen molar-refractivity contribution in [2.45, 2.75) is 13.8 Å². The van der Waals surface area contributed by atoms with Gasteiger partial charge in [-0.25, -0.2) is 4.98 Å². The third kappa shape index (κ3) is 1.97. The molecule has 0 fully saturated rings. The molecule has 0 amide bonds. The molecule has 19 heavy (non-hydrogen) atoms. The first kappa shape index (κ1) is 12.4. The van der Waals surface area contributed by atoms with Crippen molar-refractivity contribution >= 4 is 28.8 Å². The largest absolute Gasteiger partial charge is 0.263 e. The second-order valence-electron chi connectivity index (χ2n) is 4.26. The number of fused-ring (bicyclic) bond motifs is 1. The van der Waals surface area contributed by atoms with E-state index in [2.05, 4.69) is 15.2 Å². The zero-order valence-electron chi connectivity index (χ0n) is 10.4. The van der Waals surface area contributed by atoms with E-state index in [1.165, 1.54) is 0 Å². The SMILES string of the molecule is Cc1c(Cl)cccc1-c1nnc2cc(Cl)nc(C)n12. The van der Waals surface area contributed by atoms with Crippen LogP contribution in [0.25, 0.3) is 17.0 Å². The molecule has 2 heterocycles. The Labute approximate surface area is 120 Å². The summed E-state index contributed by atoms with van der Waals surface area (Å²) in [5.41, 5.74) is 2.58. The Morgan fingerprint density at radius 2 is 1.89 bits per heavy atom. The normalized spacial score (nSPS) is 11.2. The predicted molar refractivity (Wildman–Crippen MR) is 75.7 cm³/mol. The quantitative estimate of drug-likeness (QED) is 0.642. The lowest BCUT2D eigenvalue weighted by Crippen LogP contribution is -1.99. The van der Waals surface area contributed by atoms with Crippen molar-refractivity contribution in [3.8, 4) is 11.4 Å². The highest BCUT2D eigenvalue weighted by Crippen LogP contribution is 2.28. The molecule has 3 rings (SSSR count). The molecule has 0 aliphatic heterocycles. The first-order valence-corrected chi connectivity index (χ1v) is 6.47. The summed E-state index contributed by atoms with van der Waals surface area (Å²) < 4.78 is 1.87. The lowest BCUT2D eigenvalue weighted by Gasteiger charge is -2.07. The molecule has 0 atom stereocenters. The van der Waals surface area contributed by atoms with E-state index >= 15 is 0 Å². The Bertz CT molecular complexity index is 780. The van der Waals surface area contributed by atoms with E-state index in [0.29, 0.717) is 15.8 Å². The number of hydrogen-bond acceptors (Lipinski definition) is 3. The molecule has 0 aliphatic rings. The molecule has 0 saturated carbocycles. The maximum absolute atomic E-state index is 6.15. The number of hydrogen-bond donors (Lipinski definition) is 0. The van der Waals surface area contributed by atoms with Gasteiger partial charge in [0.1, 0.15) is 11.0 Å². The zero-order valence-corrected chi connectivity index (χ0v) is 11.9. The average Bonchev–Trinajstić information content (AvgIpc) is 2.76. The standard InChI is InChI=1S/C13H10Cl2N4/c1-7-9(4-3-5-10(7)14)13-18-17-12-6-11(15)16-8(2)19(12)13/h3-6H,1-2H3.